The van der Waals surface area contributed by atoms with Gasteiger partial charge in [-0.15, -0.1) is 0 Å². The molecular weight excluding hydrogens is 340 g/mol. The first kappa shape index (κ1) is 18.3. The minimum atomic E-state index is -0.555. The van der Waals surface area contributed by atoms with E-state index in [0.29, 0.717) is 16.8 Å². The molecule has 1 aliphatic carbocycles. The lowest BCUT2D eigenvalue weighted by Gasteiger charge is -2.40. The fraction of sp³-hybridized carbons (Fsp3) is 0.667. The molecule has 1 N–H and O–H groups in total. The highest BCUT2D eigenvalue weighted by Crippen LogP contribution is 2.31. The van der Waals surface area contributed by atoms with Gasteiger partial charge >= 0.3 is 6.09 Å². The van der Waals surface area contributed by atoms with Crippen molar-refractivity contribution in [1.29, 1.82) is 0 Å². The van der Waals surface area contributed by atoms with Crippen molar-refractivity contribution in [3.8, 4) is 0 Å². The highest BCUT2D eigenvalue weighted by Gasteiger charge is 2.34. The Morgan fingerprint density at radius 2 is 2.08 bits per heavy atom. The second-order valence-corrected chi connectivity index (χ2v) is 8.32. The van der Waals surface area contributed by atoms with E-state index in [1.54, 1.807) is 6.20 Å². The van der Waals surface area contributed by atoms with Crippen LogP contribution in [0.4, 0.5) is 16.3 Å². The van der Waals surface area contributed by atoms with Gasteiger partial charge < -0.3 is 9.64 Å². The van der Waals surface area contributed by atoms with E-state index in [2.05, 4.69) is 27.0 Å². The number of halogens is 1. The molecule has 1 atom stereocenters. The Labute approximate surface area is 154 Å². The molecule has 1 aromatic heterocycles. The maximum Gasteiger partial charge on any atom is 0.412 e. The summed E-state index contributed by atoms with van der Waals surface area (Å²) in [5.74, 6) is 0.832. The van der Waals surface area contributed by atoms with E-state index in [1.807, 2.05) is 26.8 Å². The summed E-state index contributed by atoms with van der Waals surface area (Å²) in [6, 6.07) is 2.99. The molecule has 0 bridgehead atoms. The lowest BCUT2D eigenvalue weighted by molar-refractivity contribution is 0.0636. The minimum absolute atomic E-state index is 0.373. The first-order valence-electron chi connectivity index (χ1n) is 8.89. The van der Waals surface area contributed by atoms with Crippen LogP contribution in [0.2, 0.25) is 5.02 Å². The van der Waals surface area contributed by atoms with Crippen LogP contribution in [-0.4, -0.2) is 53.3 Å². The van der Waals surface area contributed by atoms with Crippen molar-refractivity contribution in [3.05, 3.63) is 17.3 Å². The Morgan fingerprint density at radius 1 is 1.36 bits per heavy atom. The molecule has 1 saturated carbocycles. The number of carbonyl (C=O) groups is 1. The molecule has 7 heteroatoms. The summed E-state index contributed by atoms with van der Waals surface area (Å²) >= 11 is 6.20. The highest BCUT2D eigenvalue weighted by molar-refractivity contribution is 6.33. The molecule has 1 aliphatic heterocycles. The van der Waals surface area contributed by atoms with E-state index >= 15 is 0 Å². The second kappa shape index (κ2) is 7.00. The van der Waals surface area contributed by atoms with Gasteiger partial charge in [-0.2, -0.15) is 0 Å². The number of piperazine rings is 1. The molecule has 2 heterocycles. The first-order valence-corrected chi connectivity index (χ1v) is 9.27. The van der Waals surface area contributed by atoms with E-state index in [-0.39, 0.29) is 0 Å². The van der Waals surface area contributed by atoms with Gasteiger partial charge in [0.05, 0.1) is 16.9 Å². The fourth-order valence-corrected chi connectivity index (χ4v) is 3.34. The van der Waals surface area contributed by atoms with Gasteiger partial charge in [0.2, 0.25) is 0 Å². The molecule has 1 saturated heterocycles. The number of hydrogen-bond donors (Lipinski definition) is 1. The average molecular weight is 367 g/mol. The number of hydrogen-bond acceptors (Lipinski definition) is 5. The predicted molar refractivity (Wildman–Crippen MR) is 101 cm³/mol. The van der Waals surface area contributed by atoms with Gasteiger partial charge in [0, 0.05) is 37.8 Å². The van der Waals surface area contributed by atoms with Crippen molar-refractivity contribution in [2.75, 3.05) is 29.9 Å². The monoisotopic (exact) mass is 366 g/mol. The zero-order chi connectivity index (χ0) is 18.2. The number of nitrogens with zero attached hydrogens (tertiary/aromatic N) is 3. The van der Waals surface area contributed by atoms with Gasteiger partial charge in [-0.1, -0.05) is 11.6 Å². The van der Waals surface area contributed by atoms with Crippen LogP contribution in [0.3, 0.4) is 0 Å². The Bertz CT molecular complexity index is 642. The number of amides is 1. The molecule has 3 rings (SSSR count). The van der Waals surface area contributed by atoms with Crippen LogP contribution in [0.5, 0.6) is 0 Å². The standard InChI is InChI=1S/C18H27ClN4O2/c1-12-11-22(13-5-6-13)7-8-23(12)16-9-15(14(19)10-20-16)21-17(24)25-18(2,3)4/h9-10,12-13H,5-8,11H2,1-4H3,(H,20,21,24)/t12-/m0/s1. The van der Waals surface area contributed by atoms with Gasteiger partial charge in [0.25, 0.3) is 0 Å². The quantitative estimate of drug-likeness (QED) is 0.882. The zero-order valence-electron chi connectivity index (χ0n) is 15.4. The van der Waals surface area contributed by atoms with Crippen molar-refractivity contribution in [3.63, 3.8) is 0 Å². The minimum Gasteiger partial charge on any atom is -0.444 e. The third kappa shape index (κ3) is 4.76. The Balaban J connectivity index is 1.69. The van der Waals surface area contributed by atoms with Crippen LogP contribution in [0, 0.1) is 0 Å². The van der Waals surface area contributed by atoms with Gasteiger partial charge in [0.15, 0.2) is 0 Å². The summed E-state index contributed by atoms with van der Waals surface area (Å²) in [4.78, 5) is 21.3. The Hall–Kier alpha value is -1.53. The highest BCUT2D eigenvalue weighted by atomic mass is 35.5. The summed E-state index contributed by atoms with van der Waals surface area (Å²) < 4.78 is 5.30. The van der Waals surface area contributed by atoms with Gasteiger partial charge in [-0.05, 0) is 40.5 Å². The van der Waals surface area contributed by atoms with Crippen LogP contribution in [0.1, 0.15) is 40.5 Å². The predicted octanol–water partition coefficient (Wildman–Crippen LogP) is 3.75. The molecule has 0 radical (unpaired) electrons. The number of rotatable bonds is 3. The van der Waals surface area contributed by atoms with Crippen molar-refractivity contribution in [1.82, 2.24) is 9.88 Å². The summed E-state index contributed by atoms with van der Waals surface area (Å²) in [7, 11) is 0. The normalized spacial score (nSPS) is 22.0. The molecule has 138 valence electrons. The number of ether oxygens (including phenoxy) is 1. The Kier molecular flexibility index (Phi) is 5.11. The number of nitrogens with one attached hydrogen (secondary N) is 1. The van der Waals surface area contributed by atoms with Crippen molar-refractivity contribution in [2.45, 2.75) is 58.2 Å². The van der Waals surface area contributed by atoms with Crippen molar-refractivity contribution >= 4 is 29.2 Å². The molecule has 2 aliphatic rings. The van der Waals surface area contributed by atoms with Crippen molar-refractivity contribution in [2.24, 2.45) is 0 Å². The topological polar surface area (TPSA) is 57.7 Å². The zero-order valence-corrected chi connectivity index (χ0v) is 16.1. The van der Waals surface area contributed by atoms with Gasteiger partial charge in [-0.25, -0.2) is 9.78 Å². The van der Waals surface area contributed by atoms with Crippen LogP contribution < -0.4 is 10.2 Å². The molecule has 1 amide bonds. The third-order valence-corrected chi connectivity index (χ3v) is 4.79. The average Bonchev–Trinajstić information content (AvgIpc) is 3.32. The van der Waals surface area contributed by atoms with E-state index in [4.69, 9.17) is 16.3 Å². The lowest BCUT2D eigenvalue weighted by Crippen LogP contribution is -2.52. The molecule has 0 aromatic carbocycles. The molecule has 25 heavy (non-hydrogen) atoms. The molecule has 2 fully saturated rings. The molecular formula is C18H27ClN4O2. The summed E-state index contributed by atoms with van der Waals surface area (Å²) in [6.45, 7) is 10.7. The van der Waals surface area contributed by atoms with E-state index in [9.17, 15) is 4.79 Å². The van der Waals surface area contributed by atoms with E-state index in [0.717, 1.165) is 31.5 Å². The number of aromatic nitrogens is 1. The number of pyridine rings is 1. The van der Waals surface area contributed by atoms with Gasteiger partial charge in [-0.3, -0.25) is 10.2 Å². The second-order valence-electron chi connectivity index (χ2n) is 7.92. The van der Waals surface area contributed by atoms with Crippen LogP contribution in [0.25, 0.3) is 0 Å². The number of anilines is 2. The van der Waals surface area contributed by atoms with Crippen LogP contribution in [-0.2, 0) is 4.74 Å². The van der Waals surface area contributed by atoms with E-state index in [1.165, 1.54) is 12.8 Å². The largest absolute Gasteiger partial charge is 0.444 e. The summed E-state index contributed by atoms with van der Waals surface area (Å²) in [5, 5.41) is 3.13. The fourth-order valence-electron chi connectivity index (χ4n) is 3.19. The third-order valence-electron chi connectivity index (χ3n) is 4.49. The number of carbonyl (C=O) groups excluding carboxylic acids is 1. The van der Waals surface area contributed by atoms with E-state index < -0.39 is 11.7 Å². The summed E-state index contributed by atoms with van der Waals surface area (Å²) in [6.07, 6.45) is 3.73. The molecule has 1 aromatic rings. The lowest BCUT2D eigenvalue weighted by atomic mass is 10.2. The maximum absolute atomic E-state index is 12.0. The van der Waals surface area contributed by atoms with Crippen LogP contribution in [0.15, 0.2) is 12.3 Å². The SMILES string of the molecule is C[C@H]1CN(C2CC2)CCN1c1cc(NC(=O)OC(C)(C)C)c(Cl)cn1. The smallest absolute Gasteiger partial charge is 0.412 e. The molecule has 0 spiro atoms. The molecule has 0 unspecified atom stereocenters. The first-order chi connectivity index (χ1) is 11.7. The van der Waals surface area contributed by atoms with Crippen molar-refractivity contribution < 1.29 is 9.53 Å². The molecule has 6 nitrogen and oxygen atoms in total. The summed E-state index contributed by atoms with van der Waals surface area (Å²) in [5.41, 5.74) is -0.0298. The maximum atomic E-state index is 12.0. The Morgan fingerprint density at radius 3 is 2.68 bits per heavy atom. The van der Waals surface area contributed by atoms with Crippen LogP contribution >= 0.6 is 11.6 Å². The van der Waals surface area contributed by atoms with Gasteiger partial charge in [0.1, 0.15) is 11.4 Å².